The number of hydrogen-bond donors (Lipinski definition) is 3. The highest BCUT2D eigenvalue weighted by Crippen LogP contribution is 2.36. The van der Waals surface area contributed by atoms with Gasteiger partial charge in [0, 0.05) is 56.7 Å². The minimum Gasteiger partial charge on any atom is -0.393 e. The molecular weight excluding hydrogens is 517 g/mol. The smallest absolute Gasteiger partial charge is 0.261 e. The van der Waals surface area contributed by atoms with Crippen molar-refractivity contribution in [3.05, 3.63) is 53.5 Å². The lowest BCUT2D eigenvalue weighted by Crippen LogP contribution is -2.55. The quantitative estimate of drug-likeness (QED) is 0.405. The summed E-state index contributed by atoms with van der Waals surface area (Å²) in [5.74, 6) is -0.668. The van der Waals surface area contributed by atoms with Gasteiger partial charge in [-0.25, -0.2) is 13.9 Å². The van der Waals surface area contributed by atoms with Crippen LogP contribution >= 0.6 is 0 Å². The zero-order valence-corrected chi connectivity index (χ0v) is 22.6. The van der Waals surface area contributed by atoms with Crippen molar-refractivity contribution in [1.29, 1.82) is 0 Å². The monoisotopic (exact) mass is 551 g/mol. The lowest BCUT2D eigenvalue weighted by atomic mass is 9.87. The van der Waals surface area contributed by atoms with E-state index in [2.05, 4.69) is 25.2 Å². The molecule has 0 spiro atoms. The van der Waals surface area contributed by atoms with Crippen LogP contribution in [-0.2, 0) is 6.54 Å². The van der Waals surface area contributed by atoms with Crippen molar-refractivity contribution >= 4 is 28.8 Å². The normalized spacial score (nSPS) is 22.4. The number of rotatable bonds is 7. The van der Waals surface area contributed by atoms with E-state index >= 15 is 0 Å². The van der Waals surface area contributed by atoms with Gasteiger partial charge < -0.3 is 25.3 Å². The summed E-state index contributed by atoms with van der Waals surface area (Å²) in [6.07, 6.45) is 4.54. The molecule has 2 aromatic heterocycles. The van der Waals surface area contributed by atoms with Gasteiger partial charge in [0.15, 0.2) is 5.65 Å². The second-order valence-electron chi connectivity index (χ2n) is 11.5. The summed E-state index contributed by atoms with van der Waals surface area (Å²) >= 11 is 0. The highest BCUT2D eigenvalue weighted by atomic mass is 19.1. The lowest BCUT2D eigenvalue weighted by Gasteiger charge is -2.45. The van der Waals surface area contributed by atoms with Crippen LogP contribution in [0.15, 0.2) is 36.8 Å². The van der Waals surface area contributed by atoms with Crippen molar-refractivity contribution in [3.63, 3.8) is 0 Å². The van der Waals surface area contributed by atoms with E-state index in [9.17, 15) is 24.2 Å². The molecule has 3 N–H and O–H groups in total. The third-order valence-electron chi connectivity index (χ3n) is 8.28. The van der Waals surface area contributed by atoms with Gasteiger partial charge in [-0.15, -0.1) is 0 Å². The van der Waals surface area contributed by atoms with Crippen LogP contribution in [0.2, 0.25) is 0 Å². The predicted octanol–water partition coefficient (Wildman–Crippen LogP) is 1.69. The van der Waals surface area contributed by atoms with Crippen LogP contribution in [0.3, 0.4) is 0 Å². The highest BCUT2D eigenvalue weighted by Gasteiger charge is 2.37. The molecule has 2 fully saturated rings. The molecule has 1 unspecified atom stereocenters. The average Bonchev–Trinajstić information content (AvgIpc) is 3.47. The third kappa shape index (κ3) is 4.91. The van der Waals surface area contributed by atoms with E-state index in [1.165, 1.54) is 29.5 Å². The van der Waals surface area contributed by atoms with E-state index in [4.69, 9.17) is 0 Å². The maximum absolute atomic E-state index is 14.7. The zero-order chi connectivity index (χ0) is 28.2. The van der Waals surface area contributed by atoms with Crippen molar-refractivity contribution in [2.75, 3.05) is 42.9 Å². The van der Waals surface area contributed by atoms with Crippen LogP contribution in [-0.4, -0.2) is 103 Å². The van der Waals surface area contributed by atoms with Gasteiger partial charge in [-0.2, -0.15) is 5.10 Å². The standard InChI is InChI=1S/C28H34FN7O4/c1-28(2,40)24(29)16-35-15-17-10-22(32-26(38)21-14-31-36-5-3-4-30-25(21)36)23(13-20(17)27(35)39)34-8-6-33(7-9-34)18-11-19(37)12-18/h3-5,10,13-14,18-19,24,37,40H,6-9,11-12,15-16H2,1-2H3,(H,32,38). The van der Waals surface area contributed by atoms with Gasteiger partial charge in [0.25, 0.3) is 11.8 Å². The number of halogens is 1. The summed E-state index contributed by atoms with van der Waals surface area (Å²) in [6, 6.07) is 5.71. The Hall–Kier alpha value is -3.61. The first-order chi connectivity index (χ1) is 19.1. The second kappa shape index (κ2) is 10.1. The Balaban J connectivity index is 1.28. The van der Waals surface area contributed by atoms with Gasteiger partial charge in [-0.3, -0.25) is 14.5 Å². The number of aromatic nitrogens is 3. The van der Waals surface area contributed by atoms with Crippen LogP contribution in [0.1, 0.15) is 53.0 Å². The second-order valence-corrected chi connectivity index (χ2v) is 11.5. The van der Waals surface area contributed by atoms with Gasteiger partial charge in [0.05, 0.1) is 35.8 Å². The minimum atomic E-state index is -1.61. The first-order valence-electron chi connectivity index (χ1n) is 13.7. The van der Waals surface area contributed by atoms with Gasteiger partial charge in [-0.1, -0.05) is 0 Å². The maximum Gasteiger partial charge on any atom is 0.261 e. The van der Waals surface area contributed by atoms with Crippen LogP contribution < -0.4 is 10.2 Å². The number of carbonyl (C=O) groups excluding carboxylic acids is 2. The molecule has 0 bridgehead atoms. The molecule has 1 saturated carbocycles. The predicted molar refractivity (Wildman–Crippen MR) is 146 cm³/mol. The Labute approximate surface area is 231 Å². The van der Waals surface area contributed by atoms with Crippen molar-refractivity contribution in [2.45, 2.75) is 57.2 Å². The van der Waals surface area contributed by atoms with Crippen LogP contribution in [0.5, 0.6) is 0 Å². The summed E-state index contributed by atoms with van der Waals surface area (Å²) in [4.78, 5) is 36.9. The molecule has 1 saturated heterocycles. The number of carbonyl (C=O) groups is 2. The molecule has 2 amide bonds. The molecule has 0 radical (unpaired) electrons. The Kier molecular flexibility index (Phi) is 6.71. The third-order valence-corrected chi connectivity index (χ3v) is 8.28. The van der Waals surface area contributed by atoms with E-state index in [0.29, 0.717) is 47.2 Å². The largest absolute Gasteiger partial charge is 0.393 e. The summed E-state index contributed by atoms with van der Waals surface area (Å²) in [5.41, 5.74) is 1.62. The topological polar surface area (TPSA) is 127 Å². The Morgan fingerprint density at radius 2 is 1.98 bits per heavy atom. The average molecular weight is 552 g/mol. The summed E-state index contributed by atoms with van der Waals surface area (Å²) in [7, 11) is 0. The van der Waals surface area contributed by atoms with Crippen molar-refractivity contribution < 1.29 is 24.2 Å². The molecule has 6 rings (SSSR count). The van der Waals surface area contributed by atoms with E-state index in [1.54, 1.807) is 30.6 Å². The Morgan fingerprint density at radius 1 is 1.23 bits per heavy atom. The lowest BCUT2D eigenvalue weighted by molar-refractivity contribution is -0.0159. The molecule has 4 heterocycles. The number of nitrogens with zero attached hydrogens (tertiary/aromatic N) is 6. The minimum absolute atomic E-state index is 0.184. The summed E-state index contributed by atoms with van der Waals surface area (Å²) in [5, 5.41) is 27.0. The Bertz CT molecular complexity index is 1440. The maximum atomic E-state index is 14.7. The molecule has 3 aromatic rings. The van der Waals surface area contributed by atoms with E-state index in [0.717, 1.165) is 31.6 Å². The number of aliphatic hydroxyl groups is 2. The van der Waals surface area contributed by atoms with Crippen LogP contribution in [0, 0.1) is 0 Å². The molecule has 1 aliphatic carbocycles. The van der Waals surface area contributed by atoms with Gasteiger partial charge in [0.2, 0.25) is 0 Å². The first-order valence-corrected chi connectivity index (χ1v) is 13.7. The van der Waals surface area contributed by atoms with Crippen molar-refractivity contribution in [3.8, 4) is 0 Å². The molecule has 1 atom stereocenters. The number of amides is 2. The molecule has 12 heteroatoms. The van der Waals surface area contributed by atoms with Gasteiger partial charge in [-0.05, 0) is 50.5 Å². The number of nitrogens with one attached hydrogen (secondary N) is 1. The number of aliphatic hydroxyl groups excluding tert-OH is 1. The molecular formula is C28H34FN7O4. The van der Waals surface area contributed by atoms with Crippen molar-refractivity contribution in [1.82, 2.24) is 24.4 Å². The fourth-order valence-corrected chi connectivity index (χ4v) is 5.70. The zero-order valence-electron chi connectivity index (χ0n) is 22.6. The highest BCUT2D eigenvalue weighted by molar-refractivity contribution is 6.10. The molecule has 2 aliphatic heterocycles. The number of alkyl halides is 1. The van der Waals surface area contributed by atoms with E-state index < -0.39 is 11.8 Å². The number of hydrogen-bond acceptors (Lipinski definition) is 8. The molecule has 11 nitrogen and oxygen atoms in total. The first kappa shape index (κ1) is 26.6. The van der Waals surface area contributed by atoms with Crippen LogP contribution in [0.4, 0.5) is 15.8 Å². The molecule has 212 valence electrons. The summed E-state index contributed by atoms with van der Waals surface area (Å²) in [6.45, 7) is 5.71. The Morgan fingerprint density at radius 3 is 2.67 bits per heavy atom. The number of anilines is 2. The number of piperazine rings is 1. The van der Waals surface area contributed by atoms with Crippen molar-refractivity contribution in [2.24, 2.45) is 0 Å². The SMILES string of the molecule is CC(C)(O)C(F)CN1Cc2cc(NC(=O)c3cnn4cccnc34)c(N3CCN(C4CC(O)C4)CC3)cc2C1=O. The molecule has 1 aromatic carbocycles. The fourth-order valence-electron chi connectivity index (χ4n) is 5.70. The molecule has 3 aliphatic rings. The van der Waals surface area contributed by atoms with Gasteiger partial charge in [0.1, 0.15) is 11.7 Å². The fraction of sp³-hybridized carbons (Fsp3) is 0.500. The van der Waals surface area contributed by atoms with E-state index in [1.807, 2.05) is 0 Å². The summed E-state index contributed by atoms with van der Waals surface area (Å²) < 4.78 is 16.2. The number of fused-ring (bicyclic) bond motifs is 2. The van der Waals surface area contributed by atoms with E-state index in [-0.39, 0.29) is 31.0 Å². The molecule has 40 heavy (non-hydrogen) atoms. The van der Waals surface area contributed by atoms with Crippen LogP contribution in [0.25, 0.3) is 5.65 Å². The number of benzene rings is 1. The van der Waals surface area contributed by atoms with Gasteiger partial charge >= 0.3 is 0 Å².